The Morgan fingerprint density at radius 3 is 2.20 bits per heavy atom. The molecule has 2 aliphatic rings. The maximum absolute atomic E-state index is 11.2. The summed E-state index contributed by atoms with van der Waals surface area (Å²) in [6.07, 6.45) is 11.3. The highest BCUT2D eigenvalue weighted by Crippen LogP contribution is 2.34. The van der Waals surface area contributed by atoms with Crippen molar-refractivity contribution in [1.29, 1.82) is 0 Å². The fraction of sp³-hybridized carbons (Fsp3) is 0.941. The van der Waals surface area contributed by atoms with Crippen molar-refractivity contribution in [2.75, 3.05) is 6.54 Å². The monoisotopic (exact) mass is 281 g/mol. The standard InChI is InChI=1S/C17H31NO2/c1-13(2)14-6-5-9-16(11-10-14)18(12-17(19)20)15-7-3-4-8-15/h13-16H,3-12H2,1-2H3,(H,19,20). The van der Waals surface area contributed by atoms with E-state index in [4.69, 9.17) is 0 Å². The highest BCUT2D eigenvalue weighted by atomic mass is 16.4. The molecule has 20 heavy (non-hydrogen) atoms. The summed E-state index contributed by atoms with van der Waals surface area (Å²) in [5, 5.41) is 9.24. The molecular weight excluding hydrogens is 250 g/mol. The van der Waals surface area contributed by atoms with Gasteiger partial charge in [-0.1, -0.05) is 39.5 Å². The Hall–Kier alpha value is -0.570. The minimum absolute atomic E-state index is 0.252. The molecule has 0 aliphatic heterocycles. The lowest BCUT2D eigenvalue weighted by molar-refractivity contribution is -0.139. The van der Waals surface area contributed by atoms with Crippen molar-refractivity contribution in [2.45, 2.75) is 83.7 Å². The van der Waals surface area contributed by atoms with Crippen LogP contribution < -0.4 is 0 Å². The zero-order valence-corrected chi connectivity index (χ0v) is 13.2. The second-order valence-electron chi connectivity index (χ2n) is 7.17. The molecule has 2 rings (SSSR count). The minimum Gasteiger partial charge on any atom is -0.480 e. The number of carboxylic acids is 1. The lowest BCUT2D eigenvalue weighted by Crippen LogP contribution is -2.44. The van der Waals surface area contributed by atoms with Crippen LogP contribution in [0.3, 0.4) is 0 Å². The van der Waals surface area contributed by atoms with Gasteiger partial charge in [0, 0.05) is 12.1 Å². The number of rotatable bonds is 5. The molecule has 3 heteroatoms. The largest absolute Gasteiger partial charge is 0.480 e. The van der Waals surface area contributed by atoms with E-state index in [-0.39, 0.29) is 6.54 Å². The van der Waals surface area contributed by atoms with Crippen molar-refractivity contribution in [2.24, 2.45) is 11.8 Å². The number of hydrogen-bond acceptors (Lipinski definition) is 2. The van der Waals surface area contributed by atoms with E-state index in [0.717, 1.165) is 11.8 Å². The van der Waals surface area contributed by atoms with Crippen LogP contribution in [0.15, 0.2) is 0 Å². The summed E-state index contributed by atoms with van der Waals surface area (Å²) in [7, 11) is 0. The number of hydrogen-bond donors (Lipinski definition) is 1. The van der Waals surface area contributed by atoms with Gasteiger partial charge in [0.2, 0.25) is 0 Å². The third-order valence-corrected chi connectivity index (χ3v) is 5.51. The van der Waals surface area contributed by atoms with Gasteiger partial charge in [-0.05, 0) is 43.9 Å². The molecule has 1 N–H and O–H groups in total. The van der Waals surface area contributed by atoms with E-state index in [2.05, 4.69) is 18.7 Å². The maximum atomic E-state index is 11.2. The molecule has 0 saturated heterocycles. The van der Waals surface area contributed by atoms with Crippen LogP contribution in [0.4, 0.5) is 0 Å². The summed E-state index contributed by atoms with van der Waals surface area (Å²) in [6, 6.07) is 1.05. The normalized spacial score (nSPS) is 29.0. The van der Waals surface area contributed by atoms with Gasteiger partial charge >= 0.3 is 5.97 Å². The number of carbonyl (C=O) groups is 1. The molecule has 2 atom stereocenters. The predicted molar refractivity (Wildman–Crippen MR) is 81.8 cm³/mol. The number of carboxylic acid groups (broad SMARTS) is 1. The van der Waals surface area contributed by atoms with Gasteiger partial charge in [-0.3, -0.25) is 9.69 Å². The van der Waals surface area contributed by atoms with Crippen LogP contribution in [0.2, 0.25) is 0 Å². The van der Waals surface area contributed by atoms with Gasteiger partial charge in [-0.25, -0.2) is 0 Å². The molecule has 0 heterocycles. The minimum atomic E-state index is -0.651. The van der Waals surface area contributed by atoms with Gasteiger partial charge < -0.3 is 5.11 Å². The third-order valence-electron chi connectivity index (χ3n) is 5.51. The summed E-state index contributed by atoms with van der Waals surface area (Å²) < 4.78 is 0. The Balaban J connectivity index is 1.98. The second kappa shape index (κ2) is 7.44. The van der Waals surface area contributed by atoms with E-state index in [9.17, 15) is 9.90 Å². The van der Waals surface area contributed by atoms with Crippen LogP contribution >= 0.6 is 0 Å². The van der Waals surface area contributed by atoms with Crippen molar-refractivity contribution in [3.8, 4) is 0 Å². The van der Waals surface area contributed by atoms with E-state index < -0.39 is 5.97 Å². The first-order valence-electron chi connectivity index (χ1n) is 8.55. The average molecular weight is 281 g/mol. The lowest BCUT2D eigenvalue weighted by Gasteiger charge is -2.35. The van der Waals surface area contributed by atoms with Crippen LogP contribution in [0, 0.1) is 11.8 Å². The Kier molecular flexibility index (Phi) is 5.88. The predicted octanol–water partition coefficient (Wildman–Crippen LogP) is 3.92. The van der Waals surface area contributed by atoms with Crippen LogP contribution in [0.5, 0.6) is 0 Å². The molecule has 0 bridgehead atoms. The zero-order chi connectivity index (χ0) is 14.5. The van der Waals surface area contributed by atoms with Gasteiger partial charge in [0.15, 0.2) is 0 Å². The van der Waals surface area contributed by atoms with E-state index >= 15 is 0 Å². The Morgan fingerprint density at radius 1 is 1.00 bits per heavy atom. The summed E-state index contributed by atoms with van der Waals surface area (Å²) in [6.45, 7) is 4.91. The number of nitrogens with zero attached hydrogens (tertiary/aromatic N) is 1. The molecule has 0 spiro atoms. The fourth-order valence-corrected chi connectivity index (χ4v) is 4.26. The van der Waals surface area contributed by atoms with Crippen molar-refractivity contribution in [3.05, 3.63) is 0 Å². The zero-order valence-electron chi connectivity index (χ0n) is 13.2. The quantitative estimate of drug-likeness (QED) is 0.776. The maximum Gasteiger partial charge on any atom is 0.317 e. The fourth-order valence-electron chi connectivity index (χ4n) is 4.26. The van der Waals surface area contributed by atoms with Crippen molar-refractivity contribution in [3.63, 3.8) is 0 Å². The van der Waals surface area contributed by atoms with Gasteiger partial charge in [0.05, 0.1) is 6.54 Å². The molecule has 0 aromatic carbocycles. The molecule has 0 aromatic heterocycles. The highest BCUT2D eigenvalue weighted by Gasteiger charge is 2.32. The Bertz CT molecular complexity index is 310. The van der Waals surface area contributed by atoms with Crippen LogP contribution in [-0.2, 0) is 4.79 Å². The molecular formula is C17H31NO2. The third kappa shape index (κ3) is 4.21. The summed E-state index contributed by atoms with van der Waals surface area (Å²) in [4.78, 5) is 13.6. The van der Waals surface area contributed by atoms with E-state index in [1.54, 1.807) is 0 Å². The summed E-state index contributed by atoms with van der Waals surface area (Å²) in [5.41, 5.74) is 0. The lowest BCUT2D eigenvalue weighted by atomic mass is 9.89. The average Bonchev–Trinajstić information content (AvgIpc) is 2.79. The molecule has 0 radical (unpaired) electrons. The highest BCUT2D eigenvalue weighted by molar-refractivity contribution is 5.69. The topological polar surface area (TPSA) is 40.5 Å². The van der Waals surface area contributed by atoms with Gasteiger partial charge in [-0.15, -0.1) is 0 Å². The summed E-state index contributed by atoms with van der Waals surface area (Å²) in [5.74, 6) is 0.963. The first-order chi connectivity index (χ1) is 9.58. The molecule has 2 unspecified atom stereocenters. The van der Waals surface area contributed by atoms with Gasteiger partial charge in [0.1, 0.15) is 0 Å². The molecule has 2 fully saturated rings. The first-order valence-corrected chi connectivity index (χ1v) is 8.55. The molecule has 3 nitrogen and oxygen atoms in total. The van der Waals surface area contributed by atoms with E-state index in [0.29, 0.717) is 12.1 Å². The van der Waals surface area contributed by atoms with Crippen molar-refractivity contribution < 1.29 is 9.90 Å². The SMILES string of the molecule is CC(C)C1CCCC(N(CC(=O)O)C2CCCC2)CC1. The van der Waals surface area contributed by atoms with E-state index in [1.165, 1.54) is 57.8 Å². The second-order valence-corrected chi connectivity index (χ2v) is 7.17. The molecule has 0 amide bonds. The van der Waals surface area contributed by atoms with Crippen molar-refractivity contribution in [1.82, 2.24) is 4.90 Å². The Labute approximate surface area is 123 Å². The van der Waals surface area contributed by atoms with Crippen LogP contribution in [-0.4, -0.2) is 34.6 Å². The Morgan fingerprint density at radius 2 is 1.60 bits per heavy atom. The molecule has 2 saturated carbocycles. The number of aliphatic carboxylic acids is 1. The van der Waals surface area contributed by atoms with E-state index in [1.807, 2.05) is 0 Å². The smallest absolute Gasteiger partial charge is 0.317 e. The first kappa shape index (κ1) is 15.8. The molecule has 2 aliphatic carbocycles. The van der Waals surface area contributed by atoms with Gasteiger partial charge in [0.25, 0.3) is 0 Å². The van der Waals surface area contributed by atoms with Crippen LogP contribution in [0.25, 0.3) is 0 Å². The van der Waals surface area contributed by atoms with Gasteiger partial charge in [-0.2, -0.15) is 0 Å². The van der Waals surface area contributed by atoms with Crippen LogP contribution in [0.1, 0.15) is 71.6 Å². The van der Waals surface area contributed by atoms with Crippen molar-refractivity contribution >= 4 is 5.97 Å². The summed E-state index contributed by atoms with van der Waals surface area (Å²) >= 11 is 0. The molecule has 116 valence electrons. The molecule has 0 aromatic rings.